The molecule has 1 nitrogen and oxygen atoms in total. The van der Waals surface area contributed by atoms with E-state index >= 15 is 0 Å². The zero-order chi connectivity index (χ0) is 9.68. The molecule has 1 rings (SSSR count). The molecule has 0 N–H and O–H groups in total. The van der Waals surface area contributed by atoms with Crippen LogP contribution in [0.1, 0.15) is 25.0 Å². The van der Waals surface area contributed by atoms with E-state index in [0.29, 0.717) is 6.61 Å². The molecule has 1 heteroatoms. The quantitative estimate of drug-likeness (QED) is 0.684. The molecule has 0 aliphatic heterocycles. The minimum atomic E-state index is 0.285. The van der Waals surface area contributed by atoms with Crippen LogP contribution in [0.15, 0.2) is 30.8 Å². The second kappa shape index (κ2) is 4.83. The highest BCUT2D eigenvalue weighted by Crippen LogP contribution is 2.08. The second-order valence-corrected chi connectivity index (χ2v) is 3.31. The van der Waals surface area contributed by atoms with Gasteiger partial charge in [-0.3, -0.25) is 0 Å². The first-order valence-electron chi connectivity index (χ1n) is 4.55. The van der Waals surface area contributed by atoms with Gasteiger partial charge in [0.2, 0.25) is 0 Å². The number of hydrogen-bond donors (Lipinski definition) is 0. The zero-order valence-electron chi connectivity index (χ0n) is 8.29. The van der Waals surface area contributed by atoms with E-state index in [1.54, 1.807) is 0 Å². The van der Waals surface area contributed by atoms with Gasteiger partial charge in [-0.05, 0) is 31.0 Å². The smallest absolute Gasteiger partial charge is 0.0720 e. The first-order chi connectivity index (χ1) is 6.22. The summed E-state index contributed by atoms with van der Waals surface area (Å²) >= 11 is 0. The lowest BCUT2D eigenvalue weighted by Gasteiger charge is -2.07. The summed E-state index contributed by atoms with van der Waals surface area (Å²) in [6.07, 6.45) is 2.13. The highest BCUT2D eigenvalue weighted by atomic mass is 16.5. The molecule has 1 aromatic carbocycles. The van der Waals surface area contributed by atoms with E-state index in [2.05, 4.69) is 18.7 Å². The predicted molar refractivity (Wildman–Crippen MR) is 56.5 cm³/mol. The molecule has 0 bridgehead atoms. The van der Waals surface area contributed by atoms with Gasteiger partial charge in [-0.1, -0.05) is 30.9 Å². The van der Waals surface area contributed by atoms with Gasteiger partial charge in [-0.15, -0.1) is 0 Å². The van der Waals surface area contributed by atoms with Crippen molar-refractivity contribution in [3.05, 3.63) is 42.0 Å². The van der Waals surface area contributed by atoms with Crippen LogP contribution in [0.5, 0.6) is 0 Å². The molecule has 0 atom stereocenters. The van der Waals surface area contributed by atoms with Gasteiger partial charge in [0.05, 0.1) is 12.7 Å². The van der Waals surface area contributed by atoms with Crippen molar-refractivity contribution < 1.29 is 4.74 Å². The summed E-state index contributed by atoms with van der Waals surface area (Å²) in [5.41, 5.74) is 2.34. The van der Waals surface area contributed by atoms with Crippen LogP contribution in [-0.2, 0) is 11.3 Å². The first kappa shape index (κ1) is 10.0. The predicted octanol–water partition coefficient (Wildman–Crippen LogP) is 3.25. The minimum Gasteiger partial charge on any atom is -0.374 e. The third-order valence-corrected chi connectivity index (χ3v) is 1.77. The van der Waals surface area contributed by atoms with Gasteiger partial charge in [-0.2, -0.15) is 0 Å². The van der Waals surface area contributed by atoms with Gasteiger partial charge in [0.25, 0.3) is 0 Å². The highest BCUT2D eigenvalue weighted by Gasteiger charge is 1.96. The van der Waals surface area contributed by atoms with E-state index in [4.69, 9.17) is 4.74 Å². The molecule has 0 aliphatic rings. The fourth-order valence-electron chi connectivity index (χ4n) is 1.07. The van der Waals surface area contributed by atoms with Crippen LogP contribution in [0.2, 0.25) is 0 Å². The van der Waals surface area contributed by atoms with Crippen molar-refractivity contribution in [1.82, 2.24) is 0 Å². The maximum Gasteiger partial charge on any atom is 0.0720 e. The summed E-state index contributed by atoms with van der Waals surface area (Å²) in [7, 11) is 0. The van der Waals surface area contributed by atoms with Crippen LogP contribution < -0.4 is 0 Å². The van der Waals surface area contributed by atoms with Crippen molar-refractivity contribution in [3.63, 3.8) is 0 Å². The average molecular weight is 176 g/mol. The Morgan fingerprint density at radius 3 is 2.85 bits per heavy atom. The monoisotopic (exact) mass is 176 g/mol. The van der Waals surface area contributed by atoms with E-state index in [1.165, 1.54) is 5.56 Å². The summed E-state index contributed by atoms with van der Waals surface area (Å²) in [4.78, 5) is 0. The minimum absolute atomic E-state index is 0.285. The fourth-order valence-corrected chi connectivity index (χ4v) is 1.07. The van der Waals surface area contributed by atoms with Crippen molar-refractivity contribution in [1.29, 1.82) is 0 Å². The van der Waals surface area contributed by atoms with Crippen LogP contribution in [0.3, 0.4) is 0 Å². The lowest BCUT2D eigenvalue weighted by atomic mass is 10.1. The normalized spacial score (nSPS) is 10.4. The molecule has 0 radical (unpaired) electrons. The molecule has 0 spiro atoms. The van der Waals surface area contributed by atoms with E-state index < -0.39 is 0 Å². The summed E-state index contributed by atoms with van der Waals surface area (Å²) < 4.78 is 5.49. The fraction of sp³-hybridized carbons (Fsp3) is 0.333. The highest BCUT2D eigenvalue weighted by molar-refractivity contribution is 5.47. The van der Waals surface area contributed by atoms with Gasteiger partial charge < -0.3 is 4.74 Å². The molecular formula is C12H16O. The Morgan fingerprint density at radius 1 is 1.46 bits per heavy atom. The van der Waals surface area contributed by atoms with E-state index in [-0.39, 0.29) is 6.10 Å². The Morgan fingerprint density at radius 2 is 2.23 bits per heavy atom. The van der Waals surface area contributed by atoms with Gasteiger partial charge in [0.1, 0.15) is 0 Å². The van der Waals surface area contributed by atoms with E-state index in [0.717, 1.165) is 5.56 Å². The maximum absolute atomic E-state index is 5.49. The topological polar surface area (TPSA) is 9.23 Å². The number of rotatable bonds is 4. The van der Waals surface area contributed by atoms with Gasteiger partial charge >= 0.3 is 0 Å². The van der Waals surface area contributed by atoms with Gasteiger partial charge in [0.15, 0.2) is 0 Å². The standard InChI is InChI=1S/C12H16O/c1-4-11-6-5-7-12(8-11)9-13-10(2)3/h4-8,10H,1,9H2,2-3H3. The number of benzene rings is 1. The molecule has 0 unspecified atom stereocenters. The molecule has 1 aromatic rings. The maximum atomic E-state index is 5.49. The van der Waals surface area contributed by atoms with Crippen molar-refractivity contribution >= 4 is 6.08 Å². The number of ether oxygens (including phenoxy) is 1. The average Bonchev–Trinajstić information content (AvgIpc) is 2.15. The van der Waals surface area contributed by atoms with E-state index in [9.17, 15) is 0 Å². The molecule has 0 heterocycles. The molecule has 70 valence electrons. The molecular weight excluding hydrogens is 160 g/mol. The first-order valence-corrected chi connectivity index (χ1v) is 4.55. The molecule has 0 fully saturated rings. The molecule has 0 saturated heterocycles. The van der Waals surface area contributed by atoms with Crippen molar-refractivity contribution in [3.8, 4) is 0 Å². The largest absolute Gasteiger partial charge is 0.374 e. The van der Waals surface area contributed by atoms with Crippen molar-refractivity contribution in [2.75, 3.05) is 0 Å². The van der Waals surface area contributed by atoms with Crippen LogP contribution in [0, 0.1) is 0 Å². The Kier molecular flexibility index (Phi) is 3.71. The summed E-state index contributed by atoms with van der Waals surface area (Å²) in [5.74, 6) is 0. The summed E-state index contributed by atoms with van der Waals surface area (Å²) in [5, 5.41) is 0. The molecule has 13 heavy (non-hydrogen) atoms. The third-order valence-electron chi connectivity index (χ3n) is 1.77. The summed E-state index contributed by atoms with van der Waals surface area (Å²) in [6.45, 7) is 8.48. The van der Waals surface area contributed by atoms with Gasteiger partial charge in [0, 0.05) is 0 Å². The molecule has 0 aromatic heterocycles. The van der Waals surface area contributed by atoms with Crippen LogP contribution in [0.4, 0.5) is 0 Å². The molecule has 0 saturated carbocycles. The Balaban J connectivity index is 2.61. The van der Waals surface area contributed by atoms with Crippen molar-refractivity contribution in [2.24, 2.45) is 0 Å². The zero-order valence-corrected chi connectivity index (χ0v) is 8.29. The lowest BCUT2D eigenvalue weighted by molar-refractivity contribution is 0.0657. The summed E-state index contributed by atoms with van der Waals surface area (Å²) in [6, 6.07) is 8.21. The lowest BCUT2D eigenvalue weighted by Crippen LogP contribution is -2.02. The Labute approximate surface area is 80.0 Å². The molecule has 0 aliphatic carbocycles. The second-order valence-electron chi connectivity index (χ2n) is 3.31. The molecule has 0 amide bonds. The van der Waals surface area contributed by atoms with Crippen LogP contribution in [0.25, 0.3) is 6.08 Å². The van der Waals surface area contributed by atoms with Crippen molar-refractivity contribution in [2.45, 2.75) is 26.6 Å². The Bertz CT molecular complexity index is 276. The third kappa shape index (κ3) is 3.43. The van der Waals surface area contributed by atoms with Crippen LogP contribution in [-0.4, -0.2) is 6.10 Å². The number of hydrogen-bond acceptors (Lipinski definition) is 1. The SMILES string of the molecule is C=Cc1cccc(COC(C)C)c1. The van der Waals surface area contributed by atoms with Crippen LogP contribution >= 0.6 is 0 Å². The van der Waals surface area contributed by atoms with E-state index in [1.807, 2.05) is 32.1 Å². The Hall–Kier alpha value is -1.08. The van der Waals surface area contributed by atoms with Gasteiger partial charge in [-0.25, -0.2) is 0 Å².